The minimum absolute atomic E-state index is 0.122. The largest absolute Gasteiger partial charge is 0.464 e. The Bertz CT molecular complexity index is 2600. The maximum Gasteiger partial charge on any atom is 0.324 e. The summed E-state index contributed by atoms with van der Waals surface area (Å²) in [5.41, 5.74) is 9.77. The van der Waals surface area contributed by atoms with Gasteiger partial charge in [-0.25, -0.2) is 10.2 Å². The van der Waals surface area contributed by atoms with Crippen LogP contribution in [0.4, 0.5) is 4.79 Å². The van der Waals surface area contributed by atoms with Crippen LogP contribution in [0.15, 0.2) is 73.4 Å². The molecule has 0 saturated carbocycles. The van der Waals surface area contributed by atoms with Crippen molar-refractivity contribution in [2.24, 2.45) is 11.3 Å². The first-order chi connectivity index (χ1) is 32.5. The van der Waals surface area contributed by atoms with Crippen LogP contribution in [0.5, 0.6) is 0 Å². The molecule has 1 spiro atoms. The van der Waals surface area contributed by atoms with Gasteiger partial charge in [0.15, 0.2) is 0 Å². The summed E-state index contributed by atoms with van der Waals surface area (Å²) >= 11 is 0. The Morgan fingerprint density at radius 3 is 2.51 bits per heavy atom. The average Bonchev–Trinajstić information content (AvgIpc) is 3.91. The first-order valence-electron chi connectivity index (χ1n) is 23.8. The third kappa shape index (κ3) is 9.50. The lowest BCUT2D eigenvalue weighted by Crippen LogP contribution is -2.69. The lowest BCUT2D eigenvalue weighted by molar-refractivity contribution is -0.155. The molecule has 362 valence electrons. The van der Waals surface area contributed by atoms with Gasteiger partial charge in [0.1, 0.15) is 30.5 Å². The molecule has 3 fully saturated rings. The number of amides is 5. The Labute approximate surface area is 398 Å². The Balaban J connectivity index is 1.14. The van der Waals surface area contributed by atoms with Crippen molar-refractivity contribution in [3.63, 3.8) is 0 Å². The van der Waals surface area contributed by atoms with Gasteiger partial charge in [-0.15, -0.1) is 0 Å². The normalized spacial score (nSPS) is 21.2. The van der Waals surface area contributed by atoms with Crippen LogP contribution in [-0.4, -0.2) is 136 Å². The molecular weight excluding hydrogens is 865 g/mol. The zero-order valence-corrected chi connectivity index (χ0v) is 40.7. The SMILES string of the molecule is C=CC(=O)N1COC2(C1)CN(C(=O)N(C)[C@H](C(=O)N[C@H]1Cc3cccc(c3)-c3ccc4c(c3)c(c(-c3cccnc3[C@H](C)OC)n4CC)CC(C)(C)COC(=O)[C@@H]3CCCN(N3)C1=O)C(C)C)C2. The van der Waals surface area contributed by atoms with Crippen molar-refractivity contribution in [2.75, 3.05) is 53.7 Å². The van der Waals surface area contributed by atoms with Crippen LogP contribution in [0.3, 0.4) is 0 Å². The highest BCUT2D eigenvalue weighted by atomic mass is 16.5. The van der Waals surface area contributed by atoms with Crippen molar-refractivity contribution in [3.05, 3.63) is 90.3 Å². The molecule has 4 aliphatic heterocycles. The van der Waals surface area contributed by atoms with Gasteiger partial charge in [-0.3, -0.25) is 29.2 Å². The van der Waals surface area contributed by atoms with Gasteiger partial charge in [0.2, 0.25) is 11.8 Å². The number of carbonyl (C=O) groups is 5. The van der Waals surface area contributed by atoms with Crippen LogP contribution in [0.25, 0.3) is 33.3 Å². The van der Waals surface area contributed by atoms with Crippen molar-refractivity contribution >= 4 is 40.6 Å². The number of fused-ring (bicyclic) bond motifs is 6. The molecule has 5 amide bonds. The number of urea groups is 1. The van der Waals surface area contributed by atoms with E-state index >= 15 is 0 Å². The summed E-state index contributed by atoms with van der Waals surface area (Å²) in [7, 11) is 3.28. The maximum absolute atomic E-state index is 14.7. The predicted octanol–water partition coefficient (Wildman–Crippen LogP) is 5.88. The van der Waals surface area contributed by atoms with E-state index in [1.807, 2.05) is 39.0 Å². The number of benzene rings is 2. The molecule has 0 unspecified atom stereocenters. The molecule has 2 N–H and O–H groups in total. The molecule has 8 rings (SSSR count). The highest BCUT2D eigenvalue weighted by Gasteiger charge is 2.53. The first kappa shape index (κ1) is 48.4. The molecule has 4 aliphatic rings. The number of hydrogen-bond acceptors (Lipinski definition) is 10. The molecule has 0 radical (unpaired) electrons. The van der Waals surface area contributed by atoms with Crippen LogP contribution in [0.2, 0.25) is 0 Å². The number of hydrazine groups is 1. The second-order valence-electron chi connectivity index (χ2n) is 20.0. The summed E-state index contributed by atoms with van der Waals surface area (Å²) in [6, 6.07) is 15.4. The van der Waals surface area contributed by atoms with Crippen LogP contribution < -0.4 is 10.7 Å². The molecule has 3 saturated heterocycles. The lowest BCUT2D eigenvalue weighted by atomic mass is 9.84. The van der Waals surface area contributed by atoms with Crippen LogP contribution >= 0.6 is 0 Å². The van der Waals surface area contributed by atoms with Gasteiger partial charge in [0.05, 0.1) is 43.7 Å². The number of hydrogen-bond donors (Lipinski definition) is 2. The number of likely N-dealkylation sites (N-methyl/N-ethyl adjacent to an activating group) is 1. The molecule has 16 nitrogen and oxygen atoms in total. The molecular formula is C52H66N8O8. The Kier molecular flexibility index (Phi) is 13.9. The summed E-state index contributed by atoms with van der Waals surface area (Å²) in [5, 5.41) is 5.57. The first-order valence-corrected chi connectivity index (χ1v) is 23.8. The molecule has 4 atom stereocenters. The van der Waals surface area contributed by atoms with E-state index in [2.05, 4.69) is 79.1 Å². The quantitative estimate of drug-likeness (QED) is 0.153. The molecule has 2 aromatic carbocycles. The Morgan fingerprint density at radius 1 is 1.04 bits per heavy atom. The number of rotatable bonds is 9. The fourth-order valence-corrected chi connectivity index (χ4v) is 10.4. The van der Waals surface area contributed by atoms with E-state index in [1.165, 1.54) is 16.0 Å². The van der Waals surface area contributed by atoms with Crippen molar-refractivity contribution in [1.82, 2.24) is 40.0 Å². The molecule has 4 aromatic rings. The smallest absolute Gasteiger partial charge is 0.324 e. The van der Waals surface area contributed by atoms with Gasteiger partial charge in [-0.2, -0.15) is 0 Å². The zero-order valence-electron chi connectivity index (χ0n) is 40.7. The van der Waals surface area contributed by atoms with Crippen molar-refractivity contribution < 1.29 is 38.2 Å². The van der Waals surface area contributed by atoms with E-state index in [0.29, 0.717) is 38.9 Å². The molecule has 68 heavy (non-hydrogen) atoms. The number of aromatic nitrogens is 2. The summed E-state index contributed by atoms with van der Waals surface area (Å²) in [6.45, 7) is 17.8. The third-order valence-corrected chi connectivity index (χ3v) is 14.0. The summed E-state index contributed by atoms with van der Waals surface area (Å²) in [4.78, 5) is 78.8. The second-order valence-corrected chi connectivity index (χ2v) is 20.0. The van der Waals surface area contributed by atoms with Gasteiger partial charge in [0.25, 0.3) is 5.91 Å². The molecule has 16 heteroatoms. The van der Waals surface area contributed by atoms with E-state index in [4.69, 9.17) is 19.2 Å². The van der Waals surface area contributed by atoms with E-state index in [9.17, 15) is 24.0 Å². The molecule has 6 heterocycles. The van der Waals surface area contributed by atoms with E-state index in [-0.39, 0.29) is 56.8 Å². The number of nitrogens with zero attached hydrogens (tertiary/aromatic N) is 6. The van der Waals surface area contributed by atoms with Crippen molar-refractivity contribution in [1.29, 1.82) is 0 Å². The van der Waals surface area contributed by atoms with Gasteiger partial charge in [-0.05, 0) is 91.6 Å². The van der Waals surface area contributed by atoms with E-state index < -0.39 is 46.9 Å². The zero-order chi connectivity index (χ0) is 48.7. The summed E-state index contributed by atoms with van der Waals surface area (Å²) < 4.78 is 20.2. The average molecular weight is 931 g/mol. The topological polar surface area (TPSA) is 168 Å². The number of likely N-dealkylation sites (tertiary alicyclic amines) is 1. The molecule has 0 aliphatic carbocycles. The minimum atomic E-state index is -1.06. The van der Waals surface area contributed by atoms with Gasteiger partial charge in [-0.1, -0.05) is 64.6 Å². The van der Waals surface area contributed by atoms with E-state index in [1.54, 1.807) is 30.2 Å². The number of aryl methyl sites for hydroxylation is 1. The number of methoxy groups -OCH3 is 1. The summed E-state index contributed by atoms with van der Waals surface area (Å²) in [6.07, 6.45) is 4.51. The summed E-state index contributed by atoms with van der Waals surface area (Å²) in [5.74, 6) is -1.90. The van der Waals surface area contributed by atoms with Crippen molar-refractivity contribution in [2.45, 2.75) is 104 Å². The molecule has 6 bridgehead atoms. The van der Waals surface area contributed by atoms with Crippen LogP contribution in [0.1, 0.15) is 77.3 Å². The number of cyclic esters (lactones) is 1. The predicted molar refractivity (Wildman–Crippen MR) is 258 cm³/mol. The van der Waals surface area contributed by atoms with Gasteiger partial charge < -0.3 is 38.8 Å². The van der Waals surface area contributed by atoms with Crippen molar-refractivity contribution in [3.8, 4) is 22.4 Å². The second kappa shape index (κ2) is 19.5. The number of nitrogens with one attached hydrogen (secondary N) is 2. The molecule has 2 aromatic heterocycles. The monoisotopic (exact) mass is 931 g/mol. The maximum atomic E-state index is 14.7. The highest BCUT2D eigenvalue weighted by Crippen LogP contribution is 2.42. The number of pyridine rings is 1. The van der Waals surface area contributed by atoms with Crippen LogP contribution in [-0.2, 0) is 52.8 Å². The fraction of sp³-hybridized carbons (Fsp3) is 0.500. The Hall–Kier alpha value is -6.10. The Morgan fingerprint density at radius 2 is 1.79 bits per heavy atom. The lowest BCUT2D eigenvalue weighted by Gasteiger charge is -2.48. The highest BCUT2D eigenvalue weighted by molar-refractivity contribution is 5.96. The third-order valence-electron chi connectivity index (χ3n) is 14.0. The van der Waals surface area contributed by atoms with Gasteiger partial charge in [0, 0.05) is 61.7 Å². The minimum Gasteiger partial charge on any atom is -0.464 e. The van der Waals surface area contributed by atoms with E-state index in [0.717, 1.165) is 50.1 Å². The fourth-order valence-electron chi connectivity index (χ4n) is 10.4. The van der Waals surface area contributed by atoms with Gasteiger partial charge >= 0.3 is 12.0 Å². The van der Waals surface area contributed by atoms with Crippen LogP contribution in [0, 0.1) is 11.3 Å². The number of carbonyl (C=O) groups excluding carboxylic acids is 5. The standard InChI is InChI=1S/C52H66N8O8/c1-10-43(61)58-29-52(68-31-58)27-57(28-52)50(65)56(8)45(32(3)4)47(62)54-41-24-34-15-12-16-35(23-34)36-19-20-42-38(25-36)39(46(59(42)11-2)37-17-13-21-53-44(37)33(5)66-9)26-51(6,7)30-67-49(64)40-18-14-22-60(55-40)48(41)63/h10,12-13,15-17,19-21,23,25,32-33,40-41,45,55H,1,11,14,18,22,24,26-31H2,2-9H3,(H,54,62)/t33-,40-,41-,45-/m0/s1. The number of ether oxygens (including phenoxy) is 3. The number of esters is 1.